The molecule has 6 nitrogen and oxygen atoms in total. The third-order valence-electron chi connectivity index (χ3n) is 4.91. The first kappa shape index (κ1) is 17.0. The first-order valence-corrected chi connectivity index (χ1v) is 8.80. The minimum atomic E-state index is -0.395. The zero-order valence-electron chi connectivity index (χ0n) is 14.9. The lowest BCUT2D eigenvalue weighted by Crippen LogP contribution is -2.44. The molecule has 27 heavy (non-hydrogen) atoms. The van der Waals surface area contributed by atoms with Crippen LogP contribution in [-0.4, -0.2) is 29.2 Å². The summed E-state index contributed by atoms with van der Waals surface area (Å²) in [6.07, 6.45) is 3.70. The van der Waals surface area contributed by atoms with Crippen molar-refractivity contribution in [2.75, 3.05) is 16.8 Å². The summed E-state index contributed by atoms with van der Waals surface area (Å²) in [4.78, 5) is 40.3. The van der Waals surface area contributed by atoms with Crippen molar-refractivity contribution in [3.05, 3.63) is 65.9 Å². The van der Waals surface area contributed by atoms with E-state index < -0.39 is 6.04 Å². The normalized spacial score (nSPS) is 17.8. The lowest BCUT2D eigenvalue weighted by molar-refractivity contribution is -0.130. The van der Waals surface area contributed by atoms with Crippen LogP contribution in [0.4, 0.5) is 11.4 Å². The van der Waals surface area contributed by atoms with Crippen molar-refractivity contribution in [1.82, 2.24) is 4.90 Å². The van der Waals surface area contributed by atoms with Gasteiger partial charge in [-0.25, -0.2) is 0 Å². The molecule has 0 saturated heterocycles. The van der Waals surface area contributed by atoms with Crippen LogP contribution in [0.3, 0.4) is 0 Å². The van der Waals surface area contributed by atoms with Gasteiger partial charge < -0.3 is 15.1 Å². The average molecular weight is 361 g/mol. The highest BCUT2D eigenvalue weighted by Crippen LogP contribution is 2.35. The average Bonchev–Trinajstić information content (AvgIpc) is 2.67. The molecule has 2 heterocycles. The zero-order chi connectivity index (χ0) is 19.0. The minimum Gasteiger partial charge on any atom is -0.323 e. The fourth-order valence-electron chi connectivity index (χ4n) is 3.64. The van der Waals surface area contributed by atoms with Gasteiger partial charge in [0.25, 0.3) is 0 Å². The number of carbonyl (C=O) groups excluding carboxylic acids is 3. The van der Waals surface area contributed by atoms with Crippen LogP contribution in [0.2, 0.25) is 0 Å². The maximum atomic E-state index is 13.1. The van der Waals surface area contributed by atoms with E-state index in [0.717, 1.165) is 11.1 Å². The minimum absolute atomic E-state index is 0.0277. The molecule has 2 aliphatic rings. The summed E-state index contributed by atoms with van der Waals surface area (Å²) in [5, 5.41) is 2.78. The fourth-order valence-corrected chi connectivity index (χ4v) is 3.64. The van der Waals surface area contributed by atoms with Gasteiger partial charge in [0.15, 0.2) is 0 Å². The maximum Gasteiger partial charge on any atom is 0.244 e. The predicted octanol–water partition coefficient (Wildman–Crippen LogP) is 2.94. The Bertz CT molecular complexity index is 967. The van der Waals surface area contributed by atoms with Gasteiger partial charge in [-0.05, 0) is 29.3 Å². The largest absolute Gasteiger partial charge is 0.323 e. The zero-order valence-corrected chi connectivity index (χ0v) is 14.9. The molecule has 2 aliphatic heterocycles. The number of benzene rings is 2. The SMILES string of the molecule is CC(=O)N1C=Cc2ccccc2C1CC(=O)N1CC(=O)Nc2ccccc21. The molecule has 1 atom stereocenters. The molecule has 3 amide bonds. The number of nitrogens with one attached hydrogen (secondary N) is 1. The Labute approximate surface area is 157 Å². The number of para-hydroxylation sites is 2. The number of hydrogen-bond acceptors (Lipinski definition) is 3. The smallest absolute Gasteiger partial charge is 0.244 e. The van der Waals surface area contributed by atoms with E-state index in [9.17, 15) is 14.4 Å². The highest BCUT2D eigenvalue weighted by atomic mass is 16.2. The van der Waals surface area contributed by atoms with Crippen LogP contribution in [0, 0.1) is 0 Å². The van der Waals surface area contributed by atoms with Gasteiger partial charge in [-0.3, -0.25) is 14.4 Å². The molecule has 0 radical (unpaired) electrons. The molecule has 0 fully saturated rings. The summed E-state index contributed by atoms with van der Waals surface area (Å²) in [5.74, 6) is -0.552. The molecule has 2 aromatic rings. The van der Waals surface area contributed by atoms with E-state index in [-0.39, 0.29) is 30.7 Å². The van der Waals surface area contributed by atoms with Gasteiger partial charge in [-0.2, -0.15) is 0 Å². The van der Waals surface area contributed by atoms with E-state index in [1.165, 1.54) is 11.8 Å². The molecule has 1 N–H and O–H groups in total. The quantitative estimate of drug-likeness (QED) is 0.894. The molecule has 136 valence electrons. The van der Waals surface area contributed by atoms with Gasteiger partial charge >= 0.3 is 0 Å². The van der Waals surface area contributed by atoms with Crippen LogP contribution in [0.25, 0.3) is 6.08 Å². The van der Waals surface area contributed by atoms with E-state index in [1.54, 1.807) is 17.2 Å². The molecule has 0 saturated carbocycles. The Morgan fingerprint density at radius 3 is 2.67 bits per heavy atom. The van der Waals surface area contributed by atoms with Gasteiger partial charge in [0.05, 0.1) is 23.8 Å². The van der Waals surface area contributed by atoms with Crippen LogP contribution in [-0.2, 0) is 14.4 Å². The van der Waals surface area contributed by atoms with Crippen LogP contribution >= 0.6 is 0 Å². The molecule has 0 aromatic heterocycles. The lowest BCUT2D eigenvalue weighted by atomic mass is 9.93. The molecule has 0 aliphatic carbocycles. The molecule has 6 heteroatoms. The number of rotatable bonds is 2. The van der Waals surface area contributed by atoms with E-state index in [0.29, 0.717) is 11.4 Å². The van der Waals surface area contributed by atoms with Gasteiger partial charge in [-0.1, -0.05) is 36.4 Å². The topological polar surface area (TPSA) is 69.7 Å². The van der Waals surface area contributed by atoms with E-state index >= 15 is 0 Å². The Morgan fingerprint density at radius 2 is 1.85 bits per heavy atom. The summed E-state index contributed by atoms with van der Waals surface area (Å²) in [6, 6.07) is 14.6. The van der Waals surface area contributed by atoms with Crippen molar-refractivity contribution in [2.24, 2.45) is 0 Å². The molecule has 1 unspecified atom stereocenters. The van der Waals surface area contributed by atoms with Crippen LogP contribution < -0.4 is 10.2 Å². The van der Waals surface area contributed by atoms with E-state index in [4.69, 9.17) is 0 Å². The van der Waals surface area contributed by atoms with Crippen molar-refractivity contribution >= 4 is 35.2 Å². The molecular weight excluding hydrogens is 342 g/mol. The number of hydrogen-bond donors (Lipinski definition) is 1. The lowest BCUT2D eigenvalue weighted by Gasteiger charge is -2.35. The number of nitrogens with zero attached hydrogens (tertiary/aromatic N) is 2. The standard InChI is InChI=1S/C21H19N3O3/c1-14(25)23-11-10-15-6-2-3-7-16(15)19(23)12-21(27)24-13-20(26)22-17-8-4-5-9-18(17)24/h2-11,19H,12-13H2,1H3,(H,22,26). The van der Waals surface area contributed by atoms with Crippen molar-refractivity contribution < 1.29 is 14.4 Å². The van der Waals surface area contributed by atoms with Crippen molar-refractivity contribution in [3.8, 4) is 0 Å². The Hall–Kier alpha value is -3.41. The number of carbonyl (C=O) groups is 3. The van der Waals surface area contributed by atoms with Gasteiger partial charge in [0.1, 0.15) is 6.54 Å². The van der Waals surface area contributed by atoms with E-state index in [2.05, 4.69) is 5.32 Å². The molecule has 2 aromatic carbocycles. The van der Waals surface area contributed by atoms with Gasteiger partial charge in [0.2, 0.25) is 17.7 Å². The van der Waals surface area contributed by atoms with E-state index in [1.807, 2.05) is 48.5 Å². The number of fused-ring (bicyclic) bond motifs is 2. The van der Waals surface area contributed by atoms with Crippen molar-refractivity contribution in [2.45, 2.75) is 19.4 Å². The summed E-state index contributed by atoms with van der Waals surface area (Å²) < 4.78 is 0. The van der Waals surface area contributed by atoms with Crippen LogP contribution in [0.15, 0.2) is 54.7 Å². The van der Waals surface area contributed by atoms with Crippen LogP contribution in [0.1, 0.15) is 30.5 Å². The molecule has 4 rings (SSSR count). The van der Waals surface area contributed by atoms with Crippen molar-refractivity contribution in [1.29, 1.82) is 0 Å². The number of amides is 3. The first-order valence-electron chi connectivity index (χ1n) is 8.80. The summed E-state index contributed by atoms with van der Waals surface area (Å²) in [5.41, 5.74) is 3.22. The Kier molecular flexibility index (Phi) is 4.24. The third-order valence-corrected chi connectivity index (χ3v) is 4.91. The first-order chi connectivity index (χ1) is 13.0. The second-order valence-corrected chi connectivity index (χ2v) is 6.64. The molecule has 0 bridgehead atoms. The maximum absolute atomic E-state index is 13.1. The predicted molar refractivity (Wildman–Crippen MR) is 103 cm³/mol. The number of anilines is 2. The Balaban J connectivity index is 1.66. The third kappa shape index (κ3) is 3.10. The highest BCUT2D eigenvalue weighted by molar-refractivity contribution is 6.10. The fraction of sp³-hybridized carbons (Fsp3) is 0.190. The summed E-state index contributed by atoms with van der Waals surface area (Å²) >= 11 is 0. The monoisotopic (exact) mass is 361 g/mol. The molecule has 0 spiro atoms. The second-order valence-electron chi connectivity index (χ2n) is 6.64. The highest BCUT2D eigenvalue weighted by Gasteiger charge is 2.33. The van der Waals surface area contributed by atoms with Gasteiger partial charge in [-0.15, -0.1) is 0 Å². The van der Waals surface area contributed by atoms with Gasteiger partial charge in [0, 0.05) is 13.1 Å². The second kappa shape index (κ2) is 6.72. The van der Waals surface area contributed by atoms with Crippen molar-refractivity contribution in [3.63, 3.8) is 0 Å². The molecular formula is C21H19N3O3. The summed E-state index contributed by atoms with van der Waals surface area (Å²) in [6.45, 7) is 1.46. The summed E-state index contributed by atoms with van der Waals surface area (Å²) in [7, 11) is 0. The Morgan fingerprint density at radius 1 is 1.11 bits per heavy atom. The van der Waals surface area contributed by atoms with Crippen LogP contribution in [0.5, 0.6) is 0 Å².